The van der Waals surface area contributed by atoms with Gasteiger partial charge in [-0.1, -0.05) is 0 Å². The molecule has 0 spiro atoms. The third-order valence-electron chi connectivity index (χ3n) is 3.13. The Labute approximate surface area is 105 Å². The molecule has 2 rings (SSSR count). The lowest BCUT2D eigenvalue weighted by atomic mass is 10.1. The van der Waals surface area contributed by atoms with E-state index < -0.39 is 23.4 Å². The molecular weight excluding hydrogens is 292 g/mol. The molecule has 3 N–H and O–H groups in total. The van der Waals surface area contributed by atoms with Crippen LogP contribution >= 0.6 is 15.9 Å². The smallest absolute Gasteiger partial charge is 0.328 e. The highest BCUT2D eigenvalue weighted by molar-refractivity contribution is 9.10. The maximum atomic E-state index is 11.6. The zero-order chi connectivity index (χ0) is 12.6. The molecule has 0 amide bonds. The van der Waals surface area contributed by atoms with Gasteiger partial charge in [-0.25, -0.2) is 4.79 Å². The van der Waals surface area contributed by atoms with Crippen LogP contribution in [0, 0.1) is 5.92 Å². The summed E-state index contributed by atoms with van der Waals surface area (Å²) >= 11 is 3.04. The van der Waals surface area contributed by atoms with Crippen LogP contribution in [-0.4, -0.2) is 32.5 Å². The van der Waals surface area contributed by atoms with Crippen LogP contribution in [0.3, 0.4) is 0 Å². The van der Waals surface area contributed by atoms with Crippen molar-refractivity contribution in [2.75, 3.05) is 6.61 Å². The lowest BCUT2D eigenvalue weighted by Crippen LogP contribution is -2.35. The summed E-state index contributed by atoms with van der Waals surface area (Å²) in [5.74, 6) is -0.00685. The number of rotatable bonds is 2. The minimum Gasteiger partial charge on any atom is -0.396 e. The highest BCUT2D eigenvalue weighted by Gasteiger charge is 2.34. The van der Waals surface area contributed by atoms with Gasteiger partial charge in [0.05, 0.1) is 16.6 Å². The molecule has 0 bridgehead atoms. The molecule has 1 saturated carbocycles. The average Bonchev–Trinajstić information content (AvgIpc) is 2.65. The van der Waals surface area contributed by atoms with Crippen molar-refractivity contribution >= 4 is 15.9 Å². The number of hydrogen-bond donors (Lipinski definition) is 3. The van der Waals surface area contributed by atoms with Gasteiger partial charge in [0.2, 0.25) is 0 Å². The standard InChI is InChI=1S/C10H13BrN2O4/c11-6-3-13(10(17)12-9(6)16)7-1-5(4-14)2-8(7)15/h3,5,7-8,14-15H,1-2,4H2,(H,12,16,17)/t5-,7+,8+/m0/s1. The minimum absolute atomic E-state index is 0.00685. The van der Waals surface area contributed by atoms with E-state index >= 15 is 0 Å². The van der Waals surface area contributed by atoms with Gasteiger partial charge in [0.1, 0.15) is 0 Å². The van der Waals surface area contributed by atoms with Crippen LogP contribution in [0.15, 0.2) is 20.3 Å². The van der Waals surface area contributed by atoms with Crippen molar-refractivity contribution in [1.82, 2.24) is 9.55 Å². The molecule has 0 radical (unpaired) electrons. The van der Waals surface area contributed by atoms with E-state index in [1.807, 2.05) is 0 Å². The first-order valence-electron chi connectivity index (χ1n) is 5.32. The zero-order valence-corrected chi connectivity index (χ0v) is 10.6. The Morgan fingerprint density at radius 1 is 1.47 bits per heavy atom. The number of halogens is 1. The SMILES string of the molecule is O=c1[nH]c(=O)n([C@@H]2C[C@H](CO)C[C@H]2O)cc1Br. The summed E-state index contributed by atoms with van der Waals surface area (Å²) in [4.78, 5) is 25.0. The van der Waals surface area contributed by atoms with E-state index in [-0.39, 0.29) is 17.0 Å². The van der Waals surface area contributed by atoms with Crippen molar-refractivity contribution in [1.29, 1.82) is 0 Å². The van der Waals surface area contributed by atoms with Crippen LogP contribution in [0.1, 0.15) is 18.9 Å². The van der Waals surface area contributed by atoms with Gasteiger partial charge in [0, 0.05) is 12.8 Å². The van der Waals surface area contributed by atoms with Crippen LogP contribution in [0.5, 0.6) is 0 Å². The fourth-order valence-corrected chi connectivity index (χ4v) is 2.57. The van der Waals surface area contributed by atoms with Gasteiger partial charge in [0.25, 0.3) is 5.56 Å². The van der Waals surface area contributed by atoms with E-state index in [1.165, 1.54) is 10.8 Å². The molecule has 6 nitrogen and oxygen atoms in total. The molecule has 1 aliphatic carbocycles. The fourth-order valence-electron chi connectivity index (χ4n) is 2.25. The Bertz CT molecular complexity index is 524. The first-order valence-corrected chi connectivity index (χ1v) is 6.12. The number of aromatic nitrogens is 2. The molecule has 7 heteroatoms. The first kappa shape index (κ1) is 12.5. The largest absolute Gasteiger partial charge is 0.396 e. The van der Waals surface area contributed by atoms with Gasteiger partial charge in [0.15, 0.2) is 0 Å². The topological polar surface area (TPSA) is 95.3 Å². The van der Waals surface area contributed by atoms with E-state index in [9.17, 15) is 14.7 Å². The summed E-state index contributed by atoms with van der Waals surface area (Å²) in [5, 5.41) is 18.9. The van der Waals surface area contributed by atoms with Crippen LogP contribution < -0.4 is 11.2 Å². The van der Waals surface area contributed by atoms with Gasteiger partial charge in [-0.3, -0.25) is 14.3 Å². The summed E-state index contributed by atoms with van der Waals surface area (Å²) in [5.41, 5.74) is -1.03. The minimum atomic E-state index is -0.678. The number of nitrogens with one attached hydrogen (secondary N) is 1. The Kier molecular flexibility index (Phi) is 3.50. The number of hydrogen-bond acceptors (Lipinski definition) is 4. The predicted molar refractivity (Wildman–Crippen MR) is 63.9 cm³/mol. The molecular formula is C10H13BrN2O4. The highest BCUT2D eigenvalue weighted by atomic mass is 79.9. The van der Waals surface area contributed by atoms with E-state index in [4.69, 9.17) is 5.11 Å². The highest BCUT2D eigenvalue weighted by Crippen LogP contribution is 2.33. The number of nitrogens with zero attached hydrogens (tertiary/aromatic N) is 1. The van der Waals surface area contributed by atoms with Gasteiger partial charge in [-0.05, 0) is 34.7 Å². The summed E-state index contributed by atoms with van der Waals surface area (Å²) in [6.45, 7) is -0.00711. The van der Waals surface area contributed by atoms with Gasteiger partial charge in [-0.15, -0.1) is 0 Å². The van der Waals surface area contributed by atoms with Crippen molar-refractivity contribution in [3.8, 4) is 0 Å². The number of H-pyrrole nitrogens is 1. The predicted octanol–water partition coefficient (Wildman–Crippen LogP) is -0.397. The van der Waals surface area contributed by atoms with Gasteiger partial charge >= 0.3 is 5.69 Å². The Morgan fingerprint density at radius 2 is 2.18 bits per heavy atom. The second kappa shape index (κ2) is 4.75. The third-order valence-corrected chi connectivity index (χ3v) is 3.70. The Balaban J connectivity index is 2.38. The molecule has 1 fully saturated rings. The summed E-state index contributed by atoms with van der Waals surface area (Å²) in [7, 11) is 0. The summed E-state index contributed by atoms with van der Waals surface area (Å²) in [6, 6.07) is -0.396. The van der Waals surface area contributed by atoms with Crippen LogP contribution in [0.25, 0.3) is 0 Å². The number of aliphatic hydroxyl groups excluding tert-OH is 2. The Hall–Kier alpha value is -0.920. The third kappa shape index (κ3) is 2.36. The maximum absolute atomic E-state index is 11.6. The average molecular weight is 305 g/mol. The lowest BCUT2D eigenvalue weighted by molar-refractivity contribution is 0.129. The molecule has 1 aromatic heterocycles. The molecule has 3 atom stereocenters. The second-order valence-electron chi connectivity index (χ2n) is 4.30. The van der Waals surface area contributed by atoms with Crippen molar-refractivity contribution in [2.24, 2.45) is 5.92 Å². The molecule has 0 aromatic carbocycles. The van der Waals surface area contributed by atoms with Crippen LogP contribution in [0.2, 0.25) is 0 Å². The van der Waals surface area contributed by atoms with E-state index in [0.717, 1.165) is 0 Å². The van der Waals surface area contributed by atoms with Crippen molar-refractivity contribution in [3.05, 3.63) is 31.5 Å². The molecule has 0 unspecified atom stereocenters. The van der Waals surface area contributed by atoms with E-state index in [1.54, 1.807) is 0 Å². The number of aromatic amines is 1. The molecule has 1 aromatic rings. The lowest BCUT2D eigenvalue weighted by Gasteiger charge is -2.17. The first-order chi connectivity index (χ1) is 8.02. The monoisotopic (exact) mass is 304 g/mol. The Morgan fingerprint density at radius 3 is 2.76 bits per heavy atom. The summed E-state index contributed by atoms with van der Waals surface area (Å²) in [6.07, 6.45) is 1.69. The van der Waals surface area contributed by atoms with Gasteiger partial charge < -0.3 is 10.2 Å². The molecule has 1 aliphatic rings. The molecule has 17 heavy (non-hydrogen) atoms. The van der Waals surface area contributed by atoms with Crippen molar-refractivity contribution < 1.29 is 10.2 Å². The molecule has 1 heterocycles. The van der Waals surface area contributed by atoms with Crippen molar-refractivity contribution in [2.45, 2.75) is 25.0 Å². The quantitative estimate of drug-likeness (QED) is 0.693. The second-order valence-corrected chi connectivity index (χ2v) is 5.15. The van der Waals surface area contributed by atoms with Gasteiger partial charge in [-0.2, -0.15) is 0 Å². The van der Waals surface area contributed by atoms with Crippen LogP contribution in [0.4, 0.5) is 0 Å². The maximum Gasteiger partial charge on any atom is 0.328 e. The van der Waals surface area contributed by atoms with E-state index in [0.29, 0.717) is 12.8 Å². The molecule has 0 aliphatic heterocycles. The van der Waals surface area contributed by atoms with E-state index in [2.05, 4.69) is 20.9 Å². The zero-order valence-electron chi connectivity index (χ0n) is 8.97. The summed E-state index contributed by atoms with van der Waals surface area (Å²) < 4.78 is 1.56. The van der Waals surface area contributed by atoms with Crippen molar-refractivity contribution in [3.63, 3.8) is 0 Å². The van der Waals surface area contributed by atoms with Crippen LogP contribution in [-0.2, 0) is 0 Å². The fraction of sp³-hybridized carbons (Fsp3) is 0.600. The molecule has 0 saturated heterocycles. The number of aliphatic hydroxyl groups is 2. The normalized spacial score (nSPS) is 28.5. The molecule has 94 valence electrons.